The van der Waals surface area contributed by atoms with Crippen molar-refractivity contribution < 1.29 is 9.26 Å². The third-order valence-electron chi connectivity index (χ3n) is 1.88. The fraction of sp³-hybridized carbons (Fsp3) is 0.571. The first-order chi connectivity index (χ1) is 5.36. The van der Waals surface area contributed by atoms with Crippen LogP contribution in [0.15, 0.2) is 10.6 Å². The van der Waals surface area contributed by atoms with Crippen LogP contribution in [0.3, 0.4) is 0 Å². The summed E-state index contributed by atoms with van der Waals surface area (Å²) in [6.07, 6.45) is 1.01. The summed E-state index contributed by atoms with van der Waals surface area (Å²) in [6.45, 7) is 1.54. The molecule has 1 aromatic rings. The summed E-state index contributed by atoms with van der Waals surface area (Å²) in [4.78, 5) is 0. The second-order valence-electron chi connectivity index (χ2n) is 2.71. The molecule has 60 valence electrons. The Balaban J connectivity index is 2.15. The minimum absolute atomic E-state index is 0.361. The van der Waals surface area contributed by atoms with Crippen LogP contribution in [-0.4, -0.2) is 18.4 Å². The highest BCUT2D eigenvalue weighted by Gasteiger charge is 2.21. The molecule has 1 aromatic heterocycles. The standard InChI is InChI=1S/C7H10N2O2/c8-7-3-6(11-9-7)5-1-2-10-4-5/h3,5H,1-2,4H2,(H2,8,9). The highest BCUT2D eigenvalue weighted by Crippen LogP contribution is 2.25. The highest BCUT2D eigenvalue weighted by atomic mass is 16.5. The van der Waals surface area contributed by atoms with Gasteiger partial charge in [0.1, 0.15) is 5.76 Å². The molecule has 2 N–H and O–H groups in total. The van der Waals surface area contributed by atoms with E-state index in [0.717, 1.165) is 25.4 Å². The fourth-order valence-electron chi connectivity index (χ4n) is 1.26. The van der Waals surface area contributed by atoms with Gasteiger partial charge in [0, 0.05) is 18.6 Å². The summed E-state index contributed by atoms with van der Waals surface area (Å²) in [5, 5.41) is 3.61. The van der Waals surface area contributed by atoms with Crippen molar-refractivity contribution in [1.82, 2.24) is 5.16 Å². The molecule has 2 heterocycles. The monoisotopic (exact) mass is 154 g/mol. The maximum atomic E-state index is 5.40. The normalized spacial score (nSPS) is 24.2. The molecule has 1 saturated heterocycles. The number of nitrogens with two attached hydrogens (primary N) is 1. The molecular formula is C7H10N2O2. The van der Waals surface area contributed by atoms with Gasteiger partial charge in [-0.25, -0.2) is 0 Å². The molecule has 11 heavy (non-hydrogen) atoms. The van der Waals surface area contributed by atoms with Crippen LogP contribution in [0.5, 0.6) is 0 Å². The first-order valence-corrected chi connectivity index (χ1v) is 3.66. The van der Waals surface area contributed by atoms with Crippen molar-refractivity contribution in [2.24, 2.45) is 0 Å². The van der Waals surface area contributed by atoms with Crippen molar-refractivity contribution in [3.63, 3.8) is 0 Å². The summed E-state index contributed by atoms with van der Waals surface area (Å²) in [5.74, 6) is 1.66. The molecule has 0 bridgehead atoms. The van der Waals surface area contributed by atoms with Gasteiger partial charge in [0.25, 0.3) is 0 Å². The number of hydrogen-bond donors (Lipinski definition) is 1. The molecule has 1 aliphatic rings. The summed E-state index contributed by atoms with van der Waals surface area (Å²) in [5.41, 5.74) is 5.40. The van der Waals surface area contributed by atoms with Crippen LogP contribution < -0.4 is 5.73 Å². The van der Waals surface area contributed by atoms with E-state index >= 15 is 0 Å². The van der Waals surface area contributed by atoms with Crippen LogP contribution in [-0.2, 0) is 4.74 Å². The first-order valence-electron chi connectivity index (χ1n) is 3.66. The molecule has 0 spiro atoms. The Morgan fingerprint density at radius 1 is 1.64 bits per heavy atom. The molecule has 0 aliphatic carbocycles. The van der Waals surface area contributed by atoms with Crippen molar-refractivity contribution in [3.8, 4) is 0 Å². The van der Waals surface area contributed by atoms with Gasteiger partial charge >= 0.3 is 0 Å². The summed E-state index contributed by atoms with van der Waals surface area (Å²) >= 11 is 0. The smallest absolute Gasteiger partial charge is 0.167 e. The lowest BCUT2D eigenvalue weighted by Gasteiger charge is -1.98. The number of hydrogen-bond acceptors (Lipinski definition) is 4. The predicted molar refractivity (Wildman–Crippen MR) is 39.1 cm³/mol. The molecule has 1 aliphatic heterocycles. The lowest BCUT2D eigenvalue weighted by atomic mass is 10.1. The van der Waals surface area contributed by atoms with E-state index in [2.05, 4.69) is 5.16 Å². The van der Waals surface area contributed by atoms with Crippen LogP contribution in [0, 0.1) is 0 Å². The Morgan fingerprint density at radius 2 is 2.55 bits per heavy atom. The fourth-order valence-corrected chi connectivity index (χ4v) is 1.26. The largest absolute Gasteiger partial charge is 0.381 e. The van der Waals surface area contributed by atoms with Gasteiger partial charge in [0.2, 0.25) is 0 Å². The van der Waals surface area contributed by atoms with Crippen molar-refractivity contribution in [1.29, 1.82) is 0 Å². The molecule has 1 fully saturated rings. The average molecular weight is 154 g/mol. The van der Waals surface area contributed by atoms with Crippen molar-refractivity contribution >= 4 is 5.82 Å². The minimum atomic E-state index is 0.361. The van der Waals surface area contributed by atoms with E-state index in [1.165, 1.54) is 0 Å². The Bertz CT molecular complexity index is 240. The van der Waals surface area contributed by atoms with Gasteiger partial charge in [-0.2, -0.15) is 0 Å². The molecule has 4 nitrogen and oxygen atoms in total. The molecule has 0 radical (unpaired) electrons. The van der Waals surface area contributed by atoms with Gasteiger partial charge < -0.3 is 15.0 Å². The quantitative estimate of drug-likeness (QED) is 0.648. The Hall–Kier alpha value is -1.03. The van der Waals surface area contributed by atoms with Crippen molar-refractivity contribution in [3.05, 3.63) is 11.8 Å². The van der Waals surface area contributed by atoms with Gasteiger partial charge in [-0.3, -0.25) is 0 Å². The van der Waals surface area contributed by atoms with E-state index in [9.17, 15) is 0 Å². The van der Waals surface area contributed by atoms with Crippen LogP contribution in [0.1, 0.15) is 18.1 Å². The van der Waals surface area contributed by atoms with Crippen LogP contribution in [0.2, 0.25) is 0 Å². The maximum Gasteiger partial charge on any atom is 0.167 e. The van der Waals surface area contributed by atoms with Crippen LogP contribution in [0.25, 0.3) is 0 Å². The van der Waals surface area contributed by atoms with Gasteiger partial charge in [-0.15, -0.1) is 0 Å². The second kappa shape index (κ2) is 2.54. The molecule has 1 unspecified atom stereocenters. The SMILES string of the molecule is Nc1cc(C2CCOC2)on1. The van der Waals surface area contributed by atoms with Crippen molar-refractivity contribution in [2.75, 3.05) is 18.9 Å². The van der Waals surface area contributed by atoms with Gasteiger partial charge in [0.05, 0.1) is 6.61 Å². The van der Waals surface area contributed by atoms with E-state index in [4.69, 9.17) is 15.0 Å². The van der Waals surface area contributed by atoms with E-state index in [0.29, 0.717) is 11.7 Å². The van der Waals surface area contributed by atoms with Crippen molar-refractivity contribution in [2.45, 2.75) is 12.3 Å². The zero-order valence-electron chi connectivity index (χ0n) is 6.12. The number of nitrogens with zero attached hydrogens (tertiary/aromatic N) is 1. The zero-order valence-corrected chi connectivity index (χ0v) is 6.12. The molecule has 1 atom stereocenters. The second-order valence-corrected chi connectivity index (χ2v) is 2.71. The summed E-state index contributed by atoms with van der Waals surface area (Å²) < 4.78 is 10.2. The Kier molecular flexibility index (Phi) is 1.54. The molecule has 0 saturated carbocycles. The number of rotatable bonds is 1. The molecule has 0 amide bonds. The summed E-state index contributed by atoms with van der Waals surface area (Å²) in [6, 6.07) is 1.76. The first kappa shape index (κ1) is 6.67. The summed E-state index contributed by atoms with van der Waals surface area (Å²) in [7, 11) is 0. The van der Waals surface area contributed by atoms with E-state index in [-0.39, 0.29) is 0 Å². The number of anilines is 1. The number of aromatic nitrogens is 1. The van der Waals surface area contributed by atoms with Gasteiger partial charge in [-0.1, -0.05) is 5.16 Å². The molecular weight excluding hydrogens is 144 g/mol. The van der Waals surface area contributed by atoms with E-state index < -0.39 is 0 Å². The number of nitrogen functional groups attached to an aromatic ring is 1. The van der Waals surface area contributed by atoms with E-state index in [1.807, 2.05) is 0 Å². The topological polar surface area (TPSA) is 61.3 Å². The minimum Gasteiger partial charge on any atom is -0.381 e. The predicted octanol–water partition coefficient (Wildman–Crippen LogP) is 0.761. The Labute approximate surface area is 64.3 Å². The molecule has 2 rings (SSSR count). The molecule has 4 heteroatoms. The lowest BCUT2D eigenvalue weighted by molar-refractivity contribution is 0.190. The maximum absolute atomic E-state index is 5.40. The van der Waals surface area contributed by atoms with Gasteiger partial charge in [0.15, 0.2) is 5.82 Å². The Morgan fingerprint density at radius 3 is 3.09 bits per heavy atom. The third-order valence-corrected chi connectivity index (χ3v) is 1.88. The third kappa shape index (κ3) is 1.21. The highest BCUT2D eigenvalue weighted by molar-refractivity contribution is 5.28. The molecule has 0 aromatic carbocycles. The van der Waals surface area contributed by atoms with E-state index in [1.54, 1.807) is 6.07 Å². The van der Waals surface area contributed by atoms with Gasteiger partial charge in [-0.05, 0) is 6.42 Å². The van der Waals surface area contributed by atoms with Crippen LogP contribution in [0.4, 0.5) is 5.82 Å². The van der Waals surface area contributed by atoms with Crippen LogP contribution >= 0.6 is 0 Å². The zero-order chi connectivity index (χ0) is 7.68. The lowest BCUT2D eigenvalue weighted by Crippen LogP contribution is -1.94. The number of ether oxygens (including phenoxy) is 1. The average Bonchev–Trinajstić information content (AvgIpc) is 2.55.